The van der Waals surface area contributed by atoms with Gasteiger partial charge in [-0.1, -0.05) is 97.1 Å². The molecule has 1 fully saturated rings. The summed E-state index contributed by atoms with van der Waals surface area (Å²) in [6, 6.07) is 28.6. The van der Waals surface area contributed by atoms with E-state index in [2.05, 4.69) is 17.2 Å². The van der Waals surface area contributed by atoms with Gasteiger partial charge >= 0.3 is 0 Å². The molecule has 8 nitrogen and oxygen atoms in total. The van der Waals surface area contributed by atoms with E-state index in [-0.39, 0.29) is 19.1 Å². The molecule has 0 aromatic heterocycles. The first-order valence-electron chi connectivity index (χ1n) is 14.8. The second kappa shape index (κ2) is 17.3. The molecule has 1 saturated heterocycles. The maximum atomic E-state index is 13.8. The van der Waals surface area contributed by atoms with Crippen LogP contribution in [0, 0.1) is 0 Å². The Balaban J connectivity index is 1.63. The van der Waals surface area contributed by atoms with Crippen LogP contribution in [0.4, 0.5) is 0 Å². The van der Waals surface area contributed by atoms with Gasteiger partial charge in [0.05, 0.1) is 19.8 Å². The normalized spacial score (nSPS) is 18.0. The number of carbonyl (C=O) groups excluding carboxylic acids is 2. The SMILES string of the molecule is C=C[C@@H](OCc1ccccc1)[C@H](OCc1ccccc1)[C@@H](OCc1ccccc1)[C@@H](OC)C(=O)N[C@H]1CCCCNC1=O. The molecule has 1 heterocycles. The van der Waals surface area contributed by atoms with Crippen LogP contribution in [0.3, 0.4) is 0 Å². The van der Waals surface area contributed by atoms with Crippen molar-refractivity contribution in [3.8, 4) is 0 Å². The Kier molecular flexibility index (Phi) is 12.9. The number of hydrogen-bond donors (Lipinski definition) is 2. The van der Waals surface area contributed by atoms with Gasteiger partial charge in [0.1, 0.15) is 24.4 Å². The van der Waals surface area contributed by atoms with E-state index in [1.807, 2.05) is 91.0 Å². The van der Waals surface area contributed by atoms with E-state index in [0.29, 0.717) is 19.6 Å². The summed E-state index contributed by atoms with van der Waals surface area (Å²) in [5, 5.41) is 5.77. The summed E-state index contributed by atoms with van der Waals surface area (Å²) in [6.45, 7) is 5.39. The standard InChI is InChI=1S/C35H42N2O6/c1-3-30(41-23-26-15-7-4-8-16-26)31(42-24-27-17-9-5-10-18-27)32(43-25-28-19-11-6-12-20-28)33(40-2)35(39)37-29-21-13-14-22-36-34(29)38/h3-12,15-20,29-33H,1,13-14,21-25H2,2H3,(H,36,38)(H,37,39)/t29-,30+,31-,32+,33+/m0/s1. The van der Waals surface area contributed by atoms with Gasteiger partial charge < -0.3 is 29.6 Å². The van der Waals surface area contributed by atoms with Gasteiger partial charge in [-0.15, -0.1) is 6.58 Å². The highest BCUT2D eigenvalue weighted by molar-refractivity contribution is 5.89. The van der Waals surface area contributed by atoms with Crippen LogP contribution in [0.1, 0.15) is 36.0 Å². The quantitative estimate of drug-likeness (QED) is 0.236. The fraction of sp³-hybridized carbons (Fsp3) is 0.371. The zero-order valence-electron chi connectivity index (χ0n) is 24.7. The summed E-state index contributed by atoms with van der Waals surface area (Å²) in [5.74, 6) is -0.656. The van der Waals surface area contributed by atoms with Crippen LogP contribution in [-0.4, -0.2) is 55.9 Å². The summed E-state index contributed by atoms with van der Waals surface area (Å²) < 4.78 is 25.2. The molecule has 0 aliphatic carbocycles. The molecule has 2 N–H and O–H groups in total. The summed E-state index contributed by atoms with van der Waals surface area (Å²) in [7, 11) is 1.46. The third kappa shape index (κ3) is 9.86. The molecular formula is C35H42N2O6. The van der Waals surface area contributed by atoms with Gasteiger partial charge in [0, 0.05) is 13.7 Å². The van der Waals surface area contributed by atoms with Crippen molar-refractivity contribution in [1.29, 1.82) is 0 Å². The van der Waals surface area contributed by atoms with E-state index < -0.39 is 36.4 Å². The van der Waals surface area contributed by atoms with E-state index in [4.69, 9.17) is 18.9 Å². The maximum Gasteiger partial charge on any atom is 0.252 e. The lowest BCUT2D eigenvalue weighted by Crippen LogP contribution is -2.57. The minimum absolute atomic E-state index is 0.200. The van der Waals surface area contributed by atoms with E-state index in [1.54, 1.807) is 6.08 Å². The highest BCUT2D eigenvalue weighted by Crippen LogP contribution is 2.23. The van der Waals surface area contributed by atoms with Gasteiger partial charge in [-0.3, -0.25) is 9.59 Å². The lowest BCUT2D eigenvalue weighted by molar-refractivity contribution is -0.181. The molecule has 4 rings (SSSR count). The van der Waals surface area contributed by atoms with Gasteiger partial charge in [0.2, 0.25) is 5.91 Å². The Bertz CT molecular complexity index is 1260. The zero-order valence-corrected chi connectivity index (χ0v) is 24.7. The molecule has 3 aromatic carbocycles. The van der Waals surface area contributed by atoms with E-state index in [1.165, 1.54) is 7.11 Å². The predicted molar refractivity (Wildman–Crippen MR) is 165 cm³/mol. The second-order valence-electron chi connectivity index (χ2n) is 10.5. The van der Waals surface area contributed by atoms with Crippen LogP contribution in [0.25, 0.3) is 0 Å². The molecule has 1 aliphatic heterocycles. The molecule has 0 radical (unpaired) electrons. The van der Waals surface area contributed by atoms with Crippen molar-refractivity contribution in [2.24, 2.45) is 0 Å². The first kappa shape index (κ1) is 32.1. The Morgan fingerprint density at radius 1 is 0.837 bits per heavy atom. The topological polar surface area (TPSA) is 95.1 Å². The lowest BCUT2D eigenvalue weighted by atomic mass is 10.00. The second-order valence-corrected chi connectivity index (χ2v) is 10.5. The number of rotatable bonds is 16. The van der Waals surface area contributed by atoms with Crippen molar-refractivity contribution >= 4 is 11.8 Å². The smallest absolute Gasteiger partial charge is 0.252 e. The maximum absolute atomic E-state index is 13.8. The van der Waals surface area contributed by atoms with Gasteiger partial charge in [-0.05, 0) is 36.0 Å². The number of ether oxygens (including phenoxy) is 4. The zero-order chi connectivity index (χ0) is 30.3. The van der Waals surface area contributed by atoms with Crippen molar-refractivity contribution in [3.05, 3.63) is 120 Å². The predicted octanol–water partition coefficient (Wildman–Crippen LogP) is 4.73. The van der Waals surface area contributed by atoms with Gasteiger partial charge in [-0.25, -0.2) is 0 Å². The van der Waals surface area contributed by atoms with Crippen molar-refractivity contribution in [2.45, 2.75) is 69.5 Å². The molecule has 0 spiro atoms. The third-order valence-electron chi connectivity index (χ3n) is 7.40. The van der Waals surface area contributed by atoms with Gasteiger partial charge in [0.15, 0.2) is 6.10 Å². The number of methoxy groups -OCH3 is 1. The number of benzene rings is 3. The average Bonchev–Trinajstić information content (AvgIpc) is 3.25. The molecule has 0 unspecified atom stereocenters. The summed E-state index contributed by atoms with van der Waals surface area (Å²) in [4.78, 5) is 26.5. The summed E-state index contributed by atoms with van der Waals surface area (Å²) >= 11 is 0. The van der Waals surface area contributed by atoms with Crippen molar-refractivity contribution in [2.75, 3.05) is 13.7 Å². The number of carbonyl (C=O) groups is 2. The third-order valence-corrected chi connectivity index (χ3v) is 7.40. The van der Waals surface area contributed by atoms with Gasteiger partial charge in [0.25, 0.3) is 5.91 Å². The number of nitrogens with one attached hydrogen (secondary N) is 2. The number of amides is 2. The highest BCUT2D eigenvalue weighted by atomic mass is 16.6. The fourth-order valence-corrected chi connectivity index (χ4v) is 5.05. The number of hydrogen-bond acceptors (Lipinski definition) is 6. The minimum atomic E-state index is -1.11. The molecule has 0 saturated carbocycles. The summed E-state index contributed by atoms with van der Waals surface area (Å²) in [5.41, 5.74) is 2.86. The monoisotopic (exact) mass is 586 g/mol. The van der Waals surface area contributed by atoms with Gasteiger partial charge in [-0.2, -0.15) is 0 Å². The summed E-state index contributed by atoms with van der Waals surface area (Å²) in [6.07, 6.45) is 0.437. The highest BCUT2D eigenvalue weighted by Gasteiger charge is 2.41. The first-order valence-corrected chi connectivity index (χ1v) is 14.8. The van der Waals surface area contributed by atoms with Crippen LogP contribution in [0.2, 0.25) is 0 Å². The first-order chi connectivity index (χ1) is 21.1. The lowest BCUT2D eigenvalue weighted by Gasteiger charge is -2.36. The van der Waals surface area contributed by atoms with E-state index in [9.17, 15) is 9.59 Å². The molecule has 43 heavy (non-hydrogen) atoms. The van der Waals surface area contributed by atoms with Crippen molar-refractivity contribution < 1.29 is 28.5 Å². The molecule has 228 valence electrons. The molecule has 3 aromatic rings. The largest absolute Gasteiger partial charge is 0.369 e. The van der Waals surface area contributed by atoms with E-state index in [0.717, 1.165) is 29.5 Å². The Labute approximate surface area is 254 Å². The molecule has 0 bridgehead atoms. The minimum Gasteiger partial charge on any atom is -0.369 e. The van der Waals surface area contributed by atoms with Crippen LogP contribution >= 0.6 is 0 Å². The molecule has 1 aliphatic rings. The van der Waals surface area contributed by atoms with Crippen molar-refractivity contribution in [1.82, 2.24) is 10.6 Å². The van der Waals surface area contributed by atoms with Crippen LogP contribution in [0.15, 0.2) is 104 Å². The molecular weight excluding hydrogens is 544 g/mol. The Morgan fingerprint density at radius 2 is 1.35 bits per heavy atom. The van der Waals surface area contributed by atoms with Crippen LogP contribution in [0.5, 0.6) is 0 Å². The average molecular weight is 587 g/mol. The molecule has 8 heteroatoms. The van der Waals surface area contributed by atoms with Crippen LogP contribution in [-0.2, 0) is 48.4 Å². The Hall–Kier alpha value is -3.82. The molecule has 5 atom stereocenters. The fourth-order valence-electron chi connectivity index (χ4n) is 5.05. The molecule has 2 amide bonds. The van der Waals surface area contributed by atoms with Crippen molar-refractivity contribution in [3.63, 3.8) is 0 Å². The van der Waals surface area contributed by atoms with Crippen LogP contribution < -0.4 is 10.6 Å². The van der Waals surface area contributed by atoms with E-state index >= 15 is 0 Å². The Morgan fingerprint density at radius 3 is 1.86 bits per heavy atom.